The van der Waals surface area contributed by atoms with E-state index in [2.05, 4.69) is 14.9 Å². The summed E-state index contributed by atoms with van der Waals surface area (Å²) in [5, 5.41) is 9.31. The van der Waals surface area contributed by atoms with E-state index in [1.54, 1.807) is 39.2 Å². The number of amides is 1. The summed E-state index contributed by atoms with van der Waals surface area (Å²) >= 11 is 6.51. The molecule has 0 aliphatic carbocycles. The molecule has 0 radical (unpaired) electrons. The lowest BCUT2D eigenvalue weighted by Crippen LogP contribution is -2.43. The van der Waals surface area contributed by atoms with Gasteiger partial charge in [-0.15, -0.1) is 0 Å². The van der Waals surface area contributed by atoms with Crippen LogP contribution in [-0.2, 0) is 23.2 Å². The Morgan fingerprint density at radius 3 is 2.61 bits per heavy atom. The standard InChI is InChI=1S/C25H30ClN5O6S/c1-15-16(5-4-6-21(15)29-38(27,34)35)11-18-19(14-31-9-7-28-8-10-31)17-12-20(26)23(37-25(33)30(2)3)13-22(17)36-24(18)32/h4-6,12-13,28-29H,7-11,14H2,1-3H3,(H2,27,34,35). The van der Waals surface area contributed by atoms with E-state index < -0.39 is 21.9 Å². The molecular formula is C25H30ClN5O6S. The van der Waals surface area contributed by atoms with Crippen molar-refractivity contribution in [2.24, 2.45) is 5.14 Å². The van der Waals surface area contributed by atoms with Crippen LogP contribution in [0.25, 0.3) is 11.0 Å². The van der Waals surface area contributed by atoms with Crippen LogP contribution in [0.3, 0.4) is 0 Å². The smallest absolute Gasteiger partial charge is 0.414 e. The average Bonchev–Trinajstić information content (AvgIpc) is 2.84. The highest BCUT2D eigenvalue weighted by Gasteiger charge is 2.22. The molecule has 1 fully saturated rings. The SMILES string of the molecule is Cc1c(Cc2c(CN3CCNCC3)c3cc(Cl)c(OC(=O)N(C)C)cc3oc2=O)cccc1NS(N)(=O)=O. The van der Waals surface area contributed by atoms with Crippen molar-refractivity contribution in [3.8, 4) is 5.75 Å². The summed E-state index contributed by atoms with van der Waals surface area (Å²) in [5.41, 5.74) is 2.58. The zero-order valence-electron chi connectivity index (χ0n) is 21.3. The number of anilines is 1. The van der Waals surface area contributed by atoms with E-state index in [-0.39, 0.29) is 22.8 Å². The molecule has 0 bridgehead atoms. The number of halogens is 1. The van der Waals surface area contributed by atoms with E-state index in [1.165, 1.54) is 11.0 Å². The number of nitrogens with two attached hydrogens (primary N) is 1. The number of carbonyl (C=O) groups is 1. The lowest BCUT2D eigenvalue weighted by atomic mass is 9.95. The summed E-state index contributed by atoms with van der Waals surface area (Å²) in [6, 6.07) is 8.21. The zero-order chi connectivity index (χ0) is 27.6. The average molecular weight is 564 g/mol. The van der Waals surface area contributed by atoms with Crippen LogP contribution in [0.2, 0.25) is 5.02 Å². The van der Waals surface area contributed by atoms with E-state index in [4.69, 9.17) is 25.9 Å². The van der Waals surface area contributed by atoms with Gasteiger partial charge in [0.15, 0.2) is 5.75 Å². The molecule has 1 aliphatic heterocycles. The fourth-order valence-corrected chi connectivity index (χ4v) is 5.08. The van der Waals surface area contributed by atoms with Gasteiger partial charge in [0.05, 0.1) is 10.7 Å². The number of nitrogens with one attached hydrogen (secondary N) is 2. The monoisotopic (exact) mass is 563 g/mol. The van der Waals surface area contributed by atoms with Gasteiger partial charge < -0.3 is 19.4 Å². The summed E-state index contributed by atoms with van der Waals surface area (Å²) in [6.07, 6.45) is -0.421. The first-order chi connectivity index (χ1) is 17.9. The fourth-order valence-electron chi connectivity index (χ4n) is 4.35. The molecule has 0 spiro atoms. The molecule has 4 N–H and O–H groups in total. The van der Waals surface area contributed by atoms with E-state index in [1.807, 2.05) is 6.07 Å². The van der Waals surface area contributed by atoms with Gasteiger partial charge in [-0.3, -0.25) is 9.62 Å². The van der Waals surface area contributed by atoms with Crippen molar-refractivity contribution in [2.45, 2.75) is 19.9 Å². The molecular weight excluding hydrogens is 534 g/mol. The minimum Gasteiger partial charge on any atom is -0.422 e. The zero-order valence-corrected chi connectivity index (χ0v) is 22.9. The highest BCUT2D eigenvalue weighted by molar-refractivity contribution is 7.90. The first-order valence-corrected chi connectivity index (χ1v) is 13.8. The van der Waals surface area contributed by atoms with Crippen LogP contribution in [0.1, 0.15) is 22.3 Å². The van der Waals surface area contributed by atoms with Gasteiger partial charge in [0, 0.05) is 70.3 Å². The topological polar surface area (TPSA) is 147 Å². The number of hydrogen-bond donors (Lipinski definition) is 3. The highest BCUT2D eigenvalue weighted by Crippen LogP contribution is 2.34. The van der Waals surface area contributed by atoms with E-state index in [0.29, 0.717) is 28.7 Å². The van der Waals surface area contributed by atoms with Gasteiger partial charge in [-0.1, -0.05) is 23.7 Å². The molecule has 0 unspecified atom stereocenters. The number of piperazine rings is 1. The fraction of sp³-hybridized carbons (Fsp3) is 0.360. The maximum atomic E-state index is 13.4. The molecule has 2 aromatic carbocycles. The molecule has 0 atom stereocenters. The predicted molar refractivity (Wildman–Crippen MR) is 146 cm³/mol. The summed E-state index contributed by atoms with van der Waals surface area (Å²) < 4.78 is 36.6. The van der Waals surface area contributed by atoms with Crippen molar-refractivity contribution < 1.29 is 22.4 Å². The van der Waals surface area contributed by atoms with Gasteiger partial charge in [-0.2, -0.15) is 8.42 Å². The van der Waals surface area contributed by atoms with Gasteiger partial charge >= 0.3 is 11.7 Å². The van der Waals surface area contributed by atoms with Crippen molar-refractivity contribution in [2.75, 3.05) is 45.0 Å². The molecule has 1 aliphatic rings. The largest absolute Gasteiger partial charge is 0.422 e. The van der Waals surface area contributed by atoms with Gasteiger partial charge in [-0.05, 0) is 35.7 Å². The third-order valence-corrected chi connectivity index (χ3v) is 7.19. The second-order valence-corrected chi connectivity index (χ2v) is 11.0. The summed E-state index contributed by atoms with van der Waals surface area (Å²) in [6.45, 7) is 5.45. The lowest BCUT2D eigenvalue weighted by Gasteiger charge is -2.28. The van der Waals surface area contributed by atoms with Crippen LogP contribution in [-0.4, -0.2) is 64.6 Å². The molecule has 11 nitrogen and oxygen atoms in total. The number of nitrogens with zero attached hydrogens (tertiary/aromatic N) is 2. The van der Waals surface area contributed by atoms with Crippen LogP contribution in [0.15, 0.2) is 39.5 Å². The van der Waals surface area contributed by atoms with Crippen LogP contribution >= 0.6 is 11.6 Å². The molecule has 1 aromatic heterocycles. The van der Waals surface area contributed by atoms with Crippen molar-refractivity contribution in [3.63, 3.8) is 0 Å². The number of benzene rings is 2. The van der Waals surface area contributed by atoms with Crippen LogP contribution in [0.5, 0.6) is 5.75 Å². The maximum Gasteiger partial charge on any atom is 0.414 e. The second kappa shape index (κ2) is 11.3. The van der Waals surface area contributed by atoms with Crippen LogP contribution < -0.4 is 25.5 Å². The van der Waals surface area contributed by atoms with Gasteiger partial charge in [0.25, 0.3) is 10.2 Å². The number of carbonyl (C=O) groups excluding carboxylic acids is 1. The molecule has 3 aromatic rings. The minimum absolute atomic E-state index is 0.0829. The molecule has 204 valence electrons. The quantitative estimate of drug-likeness (QED) is 0.371. The lowest BCUT2D eigenvalue weighted by molar-refractivity contribution is 0.172. The van der Waals surface area contributed by atoms with Gasteiger partial charge in [0.2, 0.25) is 0 Å². The Morgan fingerprint density at radius 2 is 1.95 bits per heavy atom. The summed E-state index contributed by atoms with van der Waals surface area (Å²) in [4.78, 5) is 29.0. The van der Waals surface area contributed by atoms with Gasteiger partial charge in [0.1, 0.15) is 5.58 Å². The summed E-state index contributed by atoms with van der Waals surface area (Å²) in [5.74, 6) is 0.0829. The maximum absolute atomic E-state index is 13.4. The number of ether oxygens (including phenoxy) is 1. The second-order valence-electron chi connectivity index (χ2n) is 9.33. The van der Waals surface area contributed by atoms with E-state index in [9.17, 15) is 18.0 Å². The third-order valence-electron chi connectivity index (χ3n) is 6.39. The molecule has 0 saturated carbocycles. The first-order valence-electron chi connectivity index (χ1n) is 11.9. The molecule has 1 amide bonds. The molecule has 13 heteroatoms. The first kappa shape index (κ1) is 27.9. The van der Waals surface area contributed by atoms with Crippen molar-refractivity contribution in [1.82, 2.24) is 15.1 Å². The summed E-state index contributed by atoms with van der Waals surface area (Å²) in [7, 11) is -0.880. The Hall–Kier alpha value is -3.16. The molecule has 4 rings (SSSR count). The van der Waals surface area contributed by atoms with Crippen LogP contribution in [0, 0.1) is 6.92 Å². The Bertz CT molecular complexity index is 1530. The molecule has 38 heavy (non-hydrogen) atoms. The van der Waals surface area contributed by atoms with E-state index >= 15 is 0 Å². The Kier molecular flexibility index (Phi) is 8.28. The molecule has 1 saturated heterocycles. The third kappa shape index (κ3) is 6.45. The van der Waals surface area contributed by atoms with Crippen molar-refractivity contribution in [1.29, 1.82) is 0 Å². The highest BCUT2D eigenvalue weighted by atomic mass is 35.5. The molecule has 2 heterocycles. The number of hydrogen-bond acceptors (Lipinski definition) is 8. The predicted octanol–water partition coefficient (Wildman–Crippen LogP) is 2.43. The Balaban J connectivity index is 1.83. The van der Waals surface area contributed by atoms with Crippen molar-refractivity contribution in [3.05, 3.63) is 68.0 Å². The van der Waals surface area contributed by atoms with Gasteiger partial charge in [-0.25, -0.2) is 14.7 Å². The van der Waals surface area contributed by atoms with E-state index in [0.717, 1.165) is 37.3 Å². The Morgan fingerprint density at radius 1 is 1.24 bits per heavy atom. The van der Waals surface area contributed by atoms with Crippen LogP contribution in [0.4, 0.5) is 10.5 Å². The number of fused-ring (bicyclic) bond motifs is 1. The number of rotatable bonds is 7. The normalized spacial score (nSPS) is 14.4. The van der Waals surface area contributed by atoms with Crippen molar-refractivity contribution >= 4 is 44.6 Å². The minimum atomic E-state index is -3.97. The Labute approximate surface area is 225 Å².